The topological polar surface area (TPSA) is 94.3 Å². The summed E-state index contributed by atoms with van der Waals surface area (Å²) in [6.45, 7) is 2.65. The quantitative estimate of drug-likeness (QED) is 0.806. The molecule has 1 aromatic rings. The fourth-order valence-electron chi connectivity index (χ4n) is 1.55. The Kier molecular flexibility index (Phi) is 3.15. The molecule has 8 heteroatoms. The molecule has 1 aromatic heterocycles. The Hall–Kier alpha value is -0.700. The molecule has 16 heavy (non-hydrogen) atoms. The van der Waals surface area contributed by atoms with Crippen molar-refractivity contribution in [3.8, 4) is 0 Å². The molecule has 1 unspecified atom stereocenters. The van der Waals surface area contributed by atoms with Gasteiger partial charge in [0.05, 0.1) is 12.3 Å². The number of hydrogen-bond donors (Lipinski definition) is 2. The van der Waals surface area contributed by atoms with Crippen LogP contribution in [-0.2, 0) is 14.8 Å². The summed E-state index contributed by atoms with van der Waals surface area (Å²) in [5.74, 6) is 0. The third-order valence-electron chi connectivity index (χ3n) is 2.27. The van der Waals surface area contributed by atoms with Crippen molar-refractivity contribution in [1.82, 2.24) is 9.71 Å². The lowest BCUT2D eigenvalue weighted by molar-refractivity contribution is 0.192. The van der Waals surface area contributed by atoms with E-state index in [-0.39, 0.29) is 15.4 Å². The molecular weight excluding hydrogens is 250 g/mol. The van der Waals surface area contributed by atoms with Gasteiger partial charge in [0.15, 0.2) is 9.34 Å². The van der Waals surface area contributed by atoms with Crippen molar-refractivity contribution >= 4 is 26.5 Å². The number of nitrogens with zero attached hydrogens (tertiary/aromatic N) is 1. The second kappa shape index (κ2) is 4.28. The molecule has 2 heterocycles. The largest absolute Gasteiger partial charge is 0.380 e. The van der Waals surface area contributed by atoms with Crippen LogP contribution in [0.4, 0.5) is 5.13 Å². The average Bonchev–Trinajstić information content (AvgIpc) is 2.75. The summed E-state index contributed by atoms with van der Waals surface area (Å²) in [4.78, 5) is 3.90. The van der Waals surface area contributed by atoms with E-state index in [1.807, 2.05) is 0 Å². The van der Waals surface area contributed by atoms with Crippen LogP contribution in [0.15, 0.2) is 4.21 Å². The number of anilines is 1. The molecule has 3 N–H and O–H groups in total. The van der Waals surface area contributed by atoms with Crippen LogP contribution in [-0.4, -0.2) is 32.7 Å². The molecule has 0 saturated carbocycles. The SMILES string of the molecule is Cc1nc(N)sc1S(=O)(=O)NC1CCOC1. The van der Waals surface area contributed by atoms with Crippen molar-refractivity contribution in [2.24, 2.45) is 0 Å². The lowest BCUT2D eigenvalue weighted by Crippen LogP contribution is -2.34. The smallest absolute Gasteiger partial charge is 0.252 e. The normalized spacial score (nSPS) is 21.4. The first kappa shape index (κ1) is 11.8. The van der Waals surface area contributed by atoms with Gasteiger partial charge in [0.1, 0.15) is 0 Å². The molecule has 2 rings (SSSR count). The minimum Gasteiger partial charge on any atom is -0.380 e. The van der Waals surface area contributed by atoms with Crippen LogP contribution in [0.2, 0.25) is 0 Å². The van der Waals surface area contributed by atoms with E-state index in [1.54, 1.807) is 6.92 Å². The maximum absolute atomic E-state index is 12.0. The zero-order valence-corrected chi connectivity index (χ0v) is 10.4. The molecule has 1 saturated heterocycles. The zero-order chi connectivity index (χ0) is 11.8. The van der Waals surface area contributed by atoms with Gasteiger partial charge >= 0.3 is 0 Å². The number of rotatable bonds is 3. The molecule has 6 nitrogen and oxygen atoms in total. The van der Waals surface area contributed by atoms with Gasteiger partial charge in [-0.2, -0.15) is 0 Å². The summed E-state index contributed by atoms with van der Waals surface area (Å²) >= 11 is 0.980. The highest BCUT2D eigenvalue weighted by molar-refractivity contribution is 7.91. The maximum atomic E-state index is 12.0. The molecule has 0 spiro atoms. The van der Waals surface area contributed by atoms with Crippen LogP contribution >= 0.6 is 11.3 Å². The molecule has 0 aromatic carbocycles. The van der Waals surface area contributed by atoms with Gasteiger partial charge in [-0.3, -0.25) is 0 Å². The van der Waals surface area contributed by atoms with E-state index in [0.717, 1.165) is 11.3 Å². The van der Waals surface area contributed by atoms with E-state index in [1.165, 1.54) is 0 Å². The molecule has 1 atom stereocenters. The summed E-state index contributed by atoms with van der Waals surface area (Å²) in [6.07, 6.45) is 0.701. The van der Waals surface area contributed by atoms with Gasteiger partial charge < -0.3 is 10.5 Å². The lowest BCUT2D eigenvalue weighted by atomic mass is 10.3. The van der Waals surface area contributed by atoms with Crippen LogP contribution in [0.1, 0.15) is 12.1 Å². The second-order valence-electron chi connectivity index (χ2n) is 3.61. The van der Waals surface area contributed by atoms with E-state index < -0.39 is 10.0 Å². The fourth-order valence-corrected chi connectivity index (χ4v) is 4.12. The first-order chi connectivity index (χ1) is 7.49. The van der Waals surface area contributed by atoms with Crippen molar-refractivity contribution in [2.75, 3.05) is 18.9 Å². The number of nitrogen functional groups attached to an aromatic ring is 1. The van der Waals surface area contributed by atoms with Gasteiger partial charge in [0.25, 0.3) is 10.0 Å². The highest BCUT2D eigenvalue weighted by Gasteiger charge is 2.26. The van der Waals surface area contributed by atoms with Crippen molar-refractivity contribution in [3.05, 3.63) is 5.69 Å². The van der Waals surface area contributed by atoms with E-state index in [2.05, 4.69) is 9.71 Å². The molecule has 1 fully saturated rings. The highest BCUT2D eigenvalue weighted by atomic mass is 32.2. The van der Waals surface area contributed by atoms with Gasteiger partial charge in [-0.25, -0.2) is 18.1 Å². The predicted octanol–water partition coefficient (Wildman–Crippen LogP) is 0.101. The zero-order valence-electron chi connectivity index (χ0n) is 8.76. The minimum atomic E-state index is -3.51. The van der Waals surface area contributed by atoms with Crippen molar-refractivity contribution in [1.29, 1.82) is 0 Å². The number of hydrogen-bond acceptors (Lipinski definition) is 6. The highest BCUT2D eigenvalue weighted by Crippen LogP contribution is 2.25. The Labute approximate surface area is 97.9 Å². The van der Waals surface area contributed by atoms with E-state index in [9.17, 15) is 8.42 Å². The maximum Gasteiger partial charge on any atom is 0.252 e. The number of nitrogens with one attached hydrogen (secondary N) is 1. The van der Waals surface area contributed by atoms with Gasteiger partial charge in [-0.1, -0.05) is 11.3 Å². The molecule has 0 bridgehead atoms. The Morgan fingerprint density at radius 1 is 1.62 bits per heavy atom. The molecule has 0 radical (unpaired) electrons. The number of sulfonamides is 1. The van der Waals surface area contributed by atoms with Gasteiger partial charge in [0.2, 0.25) is 0 Å². The predicted molar refractivity (Wildman–Crippen MR) is 60.8 cm³/mol. The molecule has 90 valence electrons. The van der Waals surface area contributed by atoms with Crippen molar-refractivity contribution in [3.63, 3.8) is 0 Å². The Morgan fingerprint density at radius 3 is 2.88 bits per heavy atom. The van der Waals surface area contributed by atoms with Crippen LogP contribution in [0.25, 0.3) is 0 Å². The first-order valence-corrected chi connectivity index (χ1v) is 7.12. The summed E-state index contributed by atoms with van der Waals surface area (Å²) in [5.41, 5.74) is 5.91. The van der Waals surface area contributed by atoms with E-state index in [4.69, 9.17) is 10.5 Å². The second-order valence-corrected chi connectivity index (χ2v) is 6.55. The Morgan fingerprint density at radius 2 is 2.38 bits per heavy atom. The number of thiazole rings is 1. The average molecular weight is 263 g/mol. The number of ether oxygens (including phenoxy) is 1. The Bertz CT molecular complexity index is 477. The summed E-state index contributed by atoms with van der Waals surface area (Å²) in [6, 6.07) is -0.146. The van der Waals surface area contributed by atoms with Crippen molar-refractivity contribution in [2.45, 2.75) is 23.6 Å². The van der Waals surface area contributed by atoms with Crippen LogP contribution in [0, 0.1) is 6.92 Å². The third-order valence-corrected chi connectivity index (χ3v) is 5.38. The van der Waals surface area contributed by atoms with Crippen molar-refractivity contribution < 1.29 is 13.2 Å². The van der Waals surface area contributed by atoms with E-state index in [0.29, 0.717) is 25.3 Å². The Balaban J connectivity index is 2.21. The van der Waals surface area contributed by atoms with Gasteiger partial charge in [0, 0.05) is 12.6 Å². The van der Waals surface area contributed by atoms with Crippen LogP contribution < -0.4 is 10.5 Å². The molecule has 0 amide bonds. The fraction of sp³-hybridized carbons (Fsp3) is 0.625. The lowest BCUT2D eigenvalue weighted by Gasteiger charge is -2.09. The number of aromatic nitrogens is 1. The van der Waals surface area contributed by atoms with E-state index >= 15 is 0 Å². The monoisotopic (exact) mass is 263 g/mol. The summed E-state index contributed by atoms with van der Waals surface area (Å²) < 4.78 is 31.8. The third kappa shape index (κ3) is 2.34. The molecule has 1 aliphatic rings. The number of nitrogens with two attached hydrogens (primary N) is 1. The van der Waals surface area contributed by atoms with Crippen LogP contribution in [0.3, 0.4) is 0 Å². The molecule has 0 aliphatic carbocycles. The molecular formula is C8H13N3O3S2. The van der Waals surface area contributed by atoms with Crippen LogP contribution in [0.5, 0.6) is 0 Å². The molecule has 1 aliphatic heterocycles. The minimum absolute atomic E-state index is 0.146. The van der Waals surface area contributed by atoms with Gasteiger partial charge in [-0.15, -0.1) is 0 Å². The standard InChI is InChI=1S/C8H13N3O3S2/c1-5-7(15-8(9)10-5)16(12,13)11-6-2-3-14-4-6/h6,11H,2-4H2,1H3,(H2,9,10). The first-order valence-electron chi connectivity index (χ1n) is 4.82. The summed E-state index contributed by atoms with van der Waals surface area (Å²) in [7, 11) is -3.51. The number of aryl methyl sites for hydroxylation is 1. The van der Waals surface area contributed by atoms with Gasteiger partial charge in [-0.05, 0) is 13.3 Å². The summed E-state index contributed by atoms with van der Waals surface area (Å²) in [5, 5.41) is 0.264.